The zero-order valence-corrected chi connectivity index (χ0v) is 6.67. The smallest absolute Gasteiger partial charge is 0.293 e. The Hall–Kier alpha value is -1.31. The monoisotopic (exact) mass is 152 g/mol. The van der Waals surface area contributed by atoms with Crippen molar-refractivity contribution in [2.24, 2.45) is 0 Å². The molecule has 0 atom stereocenters. The SMILES string of the molecule is C=C(C)/C=C\C(=C)COC=O. The molecule has 0 aliphatic heterocycles. The summed E-state index contributed by atoms with van der Waals surface area (Å²) in [6.45, 7) is 9.85. The van der Waals surface area contributed by atoms with E-state index in [1.165, 1.54) is 0 Å². The van der Waals surface area contributed by atoms with E-state index in [-0.39, 0.29) is 6.61 Å². The molecule has 0 radical (unpaired) electrons. The minimum Gasteiger partial charge on any atom is -0.463 e. The number of rotatable bonds is 5. The van der Waals surface area contributed by atoms with E-state index in [9.17, 15) is 4.79 Å². The molecular weight excluding hydrogens is 140 g/mol. The summed E-state index contributed by atoms with van der Waals surface area (Å²) in [6, 6.07) is 0. The molecule has 0 rings (SSSR count). The van der Waals surface area contributed by atoms with Gasteiger partial charge in [0.2, 0.25) is 0 Å². The fourth-order valence-corrected chi connectivity index (χ4v) is 0.449. The average molecular weight is 152 g/mol. The molecule has 0 aromatic rings. The fourth-order valence-electron chi connectivity index (χ4n) is 0.449. The Balaban J connectivity index is 3.68. The van der Waals surface area contributed by atoms with E-state index in [0.717, 1.165) is 11.1 Å². The van der Waals surface area contributed by atoms with Crippen LogP contribution in [-0.2, 0) is 9.53 Å². The molecule has 2 heteroatoms. The first kappa shape index (κ1) is 9.69. The maximum atomic E-state index is 9.74. The van der Waals surface area contributed by atoms with Gasteiger partial charge in [0.1, 0.15) is 6.61 Å². The van der Waals surface area contributed by atoms with Crippen molar-refractivity contribution in [1.29, 1.82) is 0 Å². The standard InChI is InChI=1S/C9H12O2/c1-8(2)4-5-9(3)6-11-7-10/h4-5,7H,1,3,6H2,2H3/b5-4-. The molecule has 0 aliphatic carbocycles. The van der Waals surface area contributed by atoms with E-state index in [1.54, 1.807) is 6.08 Å². The van der Waals surface area contributed by atoms with Crippen molar-refractivity contribution in [1.82, 2.24) is 0 Å². The second kappa shape index (κ2) is 5.47. The molecule has 0 amide bonds. The van der Waals surface area contributed by atoms with Crippen molar-refractivity contribution in [2.75, 3.05) is 6.61 Å². The number of allylic oxidation sites excluding steroid dienone is 2. The zero-order chi connectivity index (χ0) is 8.69. The van der Waals surface area contributed by atoms with E-state index < -0.39 is 0 Å². The quantitative estimate of drug-likeness (QED) is 0.444. The van der Waals surface area contributed by atoms with Gasteiger partial charge in [-0.25, -0.2) is 0 Å². The minimum absolute atomic E-state index is 0.243. The second-order valence-corrected chi connectivity index (χ2v) is 2.25. The van der Waals surface area contributed by atoms with Crippen molar-refractivity contribution in [2.45, 2.75) is 6.92 Å². The van der Waals surface area contributed by atoms with Gasteiger partial charge in [0.15, 0.2) is 0 Å². The summed E-state index contributed by atoms with van der Waals surface area (Å²) in [5.74, 6) is 0. The van der Waals surface area contributed by atoms with E-state index >= 15 is 0 Å². The van der Waals surface area contributed by atoms with Crippen LogP contribution in [0.2, 0.25) is 0 Å². The lowest BCUT2D eigenvalue weighted by Crippen LogP contribution is -1.91. The Bertz CT molecular complexity index is 190. The molecule has 60 valence electrons. The van der Waals surface area contributed by atoms with Crippen molar-refractivity contribution >= 4 is 6.47 Å². The summed E-state index contributed by atoms with van der Waals surface area (Å²) < 4.78 is 4.47. The van der Waals surface area contributed by atoms with E-state index in [1.807, 2.05) is 13.0 Å². The van der Waals surface area contributed by atoms with Crippen LogP contribution >= 0.6 is 0 Å². The predicted octanol–water partition coefficient (Wildman–Crippen LogP) is 1.85. The van der Waals surface area contributed by atoms with Crippen LogP contribution in [-0.4, -0.2) is 13.1 Å². The highest BCUT2D eigenvalue weighted by molar-refractivity contribution is 5.38. The van der Waals surface area contributed by atoms with Crippen LogP contribution in [0.25, 0.3) is 0 Å². The number of ether oxygens (including phenoxy) is 1. The minimum atomic E-state index is 0.243. The van der Waals surface area contributed by atoms with E-state index in [0.29, 0.717) is 6.47 Å². The number of carbonyl (C=O) groups is 1. The third-order valence-electron chi connectivity index (χ3n) is 0.940. The van der Waals surface area contributed by atoms with E-state index in [4.69, 9.17) is 0 Å². The first-order chi connectivity index (χ1) is 5.16. The lowest BCUT2D eigenvalue weighted by molar-refractivity contribution is -0.127. The van der Waals surface area contributed by atoms with Gasteiger partial charge in [-0.05, 0) is 12.5 Å². The van der Waals surface area contributed by atoms with Crippen LogP contribution in [0.1, 0.15) is 6.92 Å². The van der Waals surface area contributed by atoms with Crippen molar-refractivity contribution in [3.63, 3.8) is 0 Å². The highest BCUT2D eigenvalue weighted by atomic mass is 16.5. The summed E-state index contributed by atoms with van der Waals surface area (Å²) in [4.78, 5) is 9.74. The molecule has 0 N–H and O–H groups in total. The molecule has 0 aromatic carbocycles. The summed E-state index contributed by atoms with van der Waals surface area (Å²) in [6.07, 6.45) is 3.59. The molecule has 0 spiro atoms. The number of hydrogen-bond donors (Lipinski definition) is 0. The van der Waals surface area contributed by atoms with Gasteiger partial charge in [-0.2, -0.15) is 0 Å². The van der Waals surface area contributed by atoms with Gasteiger partial charge in [0, 0.05) is 0 Å². The molecule has 11 heavy (non-hydrogen) atoms. The largest absolute Gasteiger partial charge is 0.463 e. The molecule has 0 heterocycles. The Morgan fingerprint density at radius 2 is 2.09 bits per heavy atom. The predicted molar refractivity (Wildman–Crippen MR) is 45.1 cm³/mol. The maximum absolute atomic E-state index is 9.74. The molecule has 0 bridgehead atoms. The van der Waals surface area contributed by atoms with Gasteiger partial charge in [0.05, 0.1) is 0 Å². The third kappa shape index (κ3) is 6.58. The molecule has 0 saturated carbocycles. The molecule has 0 aliphatic rings. The van der Waals surface area contributed by atoms with Gasteiger partial charge in [-0.1, -0.05) is 30.9 Å². The van der Waals surface area contributed by atoms with Crippen LogP contribution < -0.4 is 0 Å². The summed E-state index contributed by atoms with van der Waals surface area (Å²) in [5, 5.41) is 0. The lowest BCUT2D eigenvalue weighted by Gasteiger charge is -1.95. The molecule has 0 aromatic heterocycles. The maximum Gasteiger partial charge on any atom is 0.293 e. The summed E-state index contributed by atoms with van der Waals surface area (Å²) in [5.41, 5.74) is 1.69. The number of carbonyl (C=O) groups excluding carboxylic acids is 1. The lowest BCUT2D eigenvalue weighted by atomic mass is 10.2. The summed E-state index contributed by atoms with van der Waals surface area (Å²) >= 11 is 0. The first-order valence-electron chi connectivity index (χ1n) is 3.23. The van der Waals surface area contributed by atoms with Gasteiger partial charge < -0.3 is 4.74 Å². The highest BCUT2D eigenvalue weighted by Gasteiger charge is 1.86. The molecule has 0 fully saturated rings. The third-order valence-corrected chi connectivity index (χ3v) is 0.940. The molecule has 0 saturated heterocycles. The Labute approximate surface area is 66.9 Å². The highest BCUT2D eigenvalue weighted by Crippen LogP contribution is 1.96. The van der Waals surface area contributed by atoms with Crippen molar-refractivity contribution in [3.8, 4) is 0 Å². The van der Waals surface area contributed by atoms with Crippen LogP contribution in [0.4, 0.5) is 0 Å². The van der Waals surface area contributed by atoms with Crippen LogP contribution in [0, 0.1) is 0 Å². The molecule has 2 nitrogen and oxygen atoms in total. The number of hydrogen-bond acceptors (Lipinski definition) is 2. The Morgan fingerprint density at radius 3 is 2.55 bits per heavy atom. The van der Waals surface area contributed by atoms with E-state index in [2.05, 4.69) is 17.9 Å². The normalized spacial score (nSPS) is 9.55. The van der Waals surface area contributed by atoms with Crippen LogP contribution in [0.5, 0.6) is 0 Å². The summed E-state index contributed by atoms with van der Waals surface area (Å²) in [7, 11) is 0. The molecular formula is C9H12O2. The van der Waals surface area contributed by atoms with Crippen LogP contribution in [0.15, 0.2) is 36.5 Å². The topological polar surface area (TPSA) is 26.3 Å². The first-order valence-corrected chi connectivity index (χ1v) is 3.23. The zero-order valence-electron chi connectivity index (χ0n) is 6.67. The van der Waals surface area contributed by atoms with Crippen molar-refractivity contribution in [3.05, 3.63) is 36.5 Å². The second-order valence-electron chi connectivity index (χ2n) is 2.25. The Morgan fingerprint density at radius 1 is 1.45 bits per heavy atom. The van der Waals surface area contributed by atoms with Crippen molar-refractivity contribution < 1.29 is 9.53 Å². The van der Waals surface area contributed by atoms with Crippen LogP contribution in [0.3, 0.4) is 0 Å². The van der Waals surface area contributed by atoms with Gasteiger partial charge in [-0.15, -0.1) is 0 Å². The molecule has 0 unspecified atom stereocenters. The fraction of sp³-hybridized carbons (Fsp3) is 0.222. The van der Waals surface area contributed by atoms with Gasteiger partial charge in [0.25, 0.3) is 6.47 Å². The average Bonchev–Trinajstić information content (AvgIpc) is 1.97. The van der Waals surface area contributed by atoms with Gasteiger partial charge >= 0.3 is 0 Å². The Kier molecular flexibility index (Phi) is 4.82. The van der Waals surface area contributed by atoms with Gasteiger partial charge in [-0.3, -0.25) is 4.79 Å².